The van der Waals surface area contributed by atoms with E-state index in [4.69, 9.17) is 5.11 Å². The Bertz CT molecular complexity index is 544. The number of aromatic carboxylic acids is 1. The molecule has 1 N–H and O–H groups in total. The number of carbonyl (C=O) groups is 1. The number of carboxylic acids is 1. The Kier molecular flexibility index (Phi) is 3.58. The molecule has 2 heterocycles. The average Bonchev–Trinajstić information content (AvgIpc) is 2.32. The molecule has 0 aliphatic carbocycles. The van der Waals surface area contributed by atoms with E-state index in [0.29, 0.717) is 25.3 Å². The molecular formula is C10H13N3O4S. The molecule has 0 amide bonds. The molecule has 0 radical (unpaired) electrons. The molecule has 0 aromatic carbocycles. The third kappa shape index (κ3) is 3.02. The third-order valence-electron chi connectivity index (χ3n) is 2.84. The van der Waals surface area contributed by atoms with Gasteiger partial charge in [0.05, 0.1) is 17.2 Å². The summed E-state index contributed by atoms with van der Waals surface area (Å²) in [5.41, 5.74) is 0.475. The van der Waals surface area contributed by atoms with Gasteiger partial charge in [-0.3, -0.25) is 4.90 Å². The van der Waals surface area contributed by atoms with Gasteiger partial charge in [-0.1, -0.05) is 0 Å². The van der Waals surface area contributed by atoms with Crippen LogP contribution in [-0.2, 0) is 16.4 Å². The van der Waals surface area contributed by atoms with Crippen LogP contribution < -0.4 is 0 Å². The maximum absolute atomic E-state index is 11.3. The monoisotopic (exact) mass is 271 g/mol. The first kappa shape index (κ1) is 12.9. The van der Waals surface area contributed by atoms with Crippen molar-refractivity contribution in [2.45, 2.75) is 6.54 Å². The fraction of sp³-hybridized carbons (Fsp3) is 0.500. The molecule has 1 aromatic heterocycles. The van der Waals surface area contributed by atoms with Gasteiger partial charge in [-0.25, -0.2) is 23.2 Å². The van der Waals surface area contributed by atoms with Crippen LogP contribution in [0.5, 0.6) is 0 Å². The average molecular weight is 271 g/mol. The van der Waals surface area contributed by atoms with Gasteiger partial charge in [0.25, 0.3) is 0 Å². The zero-order valence-electron chi connectivity index (χ0n) is 9.61. The molecule has 0 spiro atoms. The standard InChI is InChI=1S/C10H13N3O4S/c14-10(15)8-5-11-7-12-9(8)6-13-1-3-18(16,17)4-2-13/h5,7H,1-4,6H2,(H,14,15). The van der Waals surface area contributed by atoms with E-state index in [1.54, 1.807) is 0 Å². The Balaban J connectivity index is 2.09. The van der Waals surface area contributed by atoms with Crippen LogP contribution >= 0.6 is 0 Å². The lowest BCUT2D eigenvalue weighted by Gasteiger charge is -2.26. The Morgan fingerprint density at radius 2 is 2.06 bits per heavy atom. The Morgan fingerprint density at radius 1 is 1.39 bits per heavy atom. The van der Waals surface area contributed by atoms with Crippen LogP contribution in [0.2, 0.25) is 0 Å². The second kappa shape index (κ2) is 4.99. The lowest BCUT2D eigenvalue weighted by molar-refractivity contribution is 0.0693. The normalized spacial score (nSPS) is 19.6. The SMILES string of the molecule is O=C(O)c1cncnc1CN1CCS(=O)(=O)CC1. The van der Waals surface area contributed by atoms with Gasteiger partial charge in [0, 0.05) is 25.8 Å². The molecule has 8 heteroatoms. The van der Waals surface area contributed by atoms with E-state index in [-0.39, 0.29) is 17.1 Å². The van der Waals surface area contributed by atoms with Gasteiger partial charge in [0.1, 0.15) is 11.9 Å². The summed E-state index contributed by atoms with van der Waals surface area (Å²) >= 11 is 0. The van der Waals surface area contributed by atoms with E-state index in [1.165, 1.54) is 12.5 Å². The minimum Gasteiger partial charge on any atom is -0.478 e. The van der Waals surface area contributed by atoms with Crippen LogP contribution in [0.4, 0.5) is 0 Å². The van der Waals surface area contributed by atoms with E-state index in [1.807, 2.05) is 4.90 Å². The highest BCUT2D eigenvalue weighted by atomic mass is 32.2. The molecule has 0 unspecified atom stereocenters. The van der Waals surface area contributed by atoms with E-state index >= 15 is 0 Å². The number of hydrogen-bond donors (Lipinski definition) is 1. The highest BCUT2D eigenvalue weighted by molar-refractivity contribution is 7.91. The molecule has 1 aromatic rings. The minimum absolute atomic E-state index is 0.0610. The Hall–Kier alpha value is -1.54. The van der Waals surface area contributed by atoms with Crippen molar-refractivity contribution >= 4 is 15.8 Å². The summed E-state index contributed by atoms with van der Waals surface area (Å²) in [6, 6.07) is 0. The lowest BCUT2D eigenvalue weighted by atomic mass is 10.2. The van der Waals surface area contributed by atoms with E-state index in [0.717, 1.165) is 0 Å². The molecule has 1 aliphatic rings. The topological polar surface area (TPSA) is 100 Å². The van der Waals surface area contributed by atoms with Gasteiger partial charge >= 0.3 is 5.97 Å². The molecule has 0 saturated carbocycles. The van der Waals surface area contributed by atoms with Gasteiger partial charge in [-0.2, -0.15) is 0 Å². The van der Waals surface area contributed by atoms with Crippen LogP contribution in [0.1, 0.15) is 16.1 Å². The molecule has 1 saturated heterocycles. The highest BCUT2D eigenvalue weighted by Crippen LogP contribution is 2.11. The smallest absolute Gasteiger partial charge is 0.339 e. The van der Waals surface area contributed by atoms with Gasteiger partial charge in [-0.05, 0) is 0 Å². The van der Waals surface area contributed by atoms with Crippen LogP contribution in [-0.4, -0.2) is 59.0 Å². The second-order valence-corrected chi connectivity index (χ2v) is 6.42. The summed E-state index contributed by atoms with van der Waals surface area (Å²) in [5, 5.41) is 8.98. The Labute approximate surface area is 104 Å². The number of carboxylic acid groups (broad SMARTS) is 1. The molecule has 98 valence electrons. The first-order valence-electron chi connectivity index (χ1n) is 5.43. The number of aromatic nitrogens is 2. The molecule has 0 atom stereocenters. The van der Waals surface area contributed by atoms with Crippen molar-refractivity contribution in [2.75, 3.05) is 24.6 Å². The number of nitrogens with zero attached hydrogens (tertiary/aromatic N) is 3. The molecule has 7 nitrogen and oxygen atoms in total. The van der Waals surface area contributed by atoms with E-state index < -0.39 is 15.8 Å². The third-order valence-corrected chi connectivity index (χ3v) is 4.44. The predicted molar refractivity (Wildman–Crippen MR) is 62.9 cm³/mol. The first-order chi connectivity index (χ1) is 8.48. The predicted octanol–water partition coefficient (Wildman–Crippen LogP) is -0.595. The van der Waals surface area contributed by atoms with Crippen molar-refractivity contribution in [2.24, 2.45) is 0 Å². The summed E-state index contributed by atoms with van der Waals surface area (Å²) < 4.78 is 22.6. The molecule has 18 heavy (non-hydrogen) atoms. The van der Waals surface area contributed by atoms with Crippen LogP contribution in [0.25, 0.3) is 0 Å². The second-order valence-electron chi connectivity index (χ2n) is 4.12. The maximum atomic E-state index is 11.3. The molecule has 1 aliphatic heterocycles. The maximum Gasteiger partial charge on any atom is 0.339 e. The largest absolute Gasteiger partial charge is 0.478 e. The minimum atomic E-state index is -2.93. The van der Waals surface area contributed by atoms with Crippen molar-refractivity contribution in [1.82, 2.24) is 14.9 Å². The molecular weight excluding hydrogens is 258 g/mol. The van der Waals surface area contributed by atoms with Crippen molar-refractivity contribution in [3.05, 3.63) is 23.8 Å². The molecule has 2 rings (SSSR count). The van der Waals surface area contributed by atoms with Crippen molar-refractivity contribution < 1.29 is 18.3 Å². The van der Waals surface area contributed by atoms with E-state index in [2.05, 4.69) is 9.97 Å². The Morgan fingerprint density at radius 3 is 2.67 bits per heavy atom. The summed E-state index contributed by atoms with van der Waals surface area (Å²) in [6.45, 7) is 1.15. The van der Waals surface area contributed by atoms with Gasteiger partial charge in [0.15, 0.2) is 9.84 Å². The van der Waals surface area contributed by atoms with Crippen molar-refractivity contribution in [3.8, 4) is 0 Å². The fourth-order valence-electron chi connectivity index (χ4n) is 1.78. The number of hydrogen-bond acceptors (Lipinski definition) is 6. The zero-order valence-corrected chi connectivity index (χ0v) is 10.4. The quantitative estimate of drug-likeness (QED) is 0.783. The summed E-state index contributed by atoms with van der Waals surface area (Å²) in [5.74, 6) is -0.851. The van der Waals surface area contributed by atoms with Crippen LogP contribution in [0.15, 0.2) is 12.5 Å². The van der Waals surface area contributed by atoms with Gasteiger partial charge in [-0.15, -0.1) is 0 Å². The van der Waals surface area contributed by atoms with E-state index in [9.17, 15) is 13.2 Å². The highest BCUT2D eigenvalue weighted by Gasteiger charge is 2.23. The first-order valence-corrected chi connectivity index (χ1v) is 7.25. The lowest BCUT2D eigenvalue weighted by Crippen LogP contribution is -2.40. The zero-order chi connectivity index (χ0) is 13.2. The van der Waals surface area contributed by atoms with Crippen LogP contribution in [0, 0.1) is 0 Å². The summed E-state index contributed by atoms with van der Waals surface area (Å²) in [7, 11) is -2.93. The molecule has 0 bridgehead atoms. The van der Waals surface area contributed by atoms with Gasteiger partial charge < -0.3 is 5.11 Å². The van der Waals surface area contributed by atoms with Crippen molar-refractivity contribution in [3.63, 3.8) is 0 Å². The van der Waals surface area contributed by atoms with Crippen LogP contribution in [0.3, 0.4) is 0 Å². The summed E-state index contributed by atoms with van der Waals surface area (Å²) in [4.78, 5) is 20.5. The molecule has 1 fully saturated rings. The number of rotatable bonds is 3. The summed E-state index contributed by atoms with van der Waals surface area (Å²) in [6.07, 6.45) is 2.55. The number of sulfone groups is 1. The fourth-order valence-corrected chi connectivity index (χ4v) is 3.06. The van der Waals surface area contributed by atoms with Gasteiger partial charge in [0.2, 0.25) is 0 Å². The van der Waals surface area contributed by atoms with Crippen molar-refractivity contribution in [1.29, 1.82) is 0 Å².